The monoisotopic (exact) mass is 189 g/mol. The van der Waals surface area contributed by atoms with Gasteiger partial charge in [0.15, 0.2) is 17.3 Å². The van der Waals surface area contributed by atoms with E-state index < -0.39 is 0 Å². The van der Waals surface area contributed by atoms with Gasteiger partial charge in [-0.15, -0.1) is 12.3 Å². The molecule has 0 radical (unpaired) electrons. The lowest BCUT2D eigenvalue weighted by Gasteiger charge is -1.85. The van der Waals surface area contributed by atoms with Gasteiger partial charge in [-0.05, 0) is 12.1 Å². The van der Waals surface area contributed by atoms with E-state index in [1.165, 1.54) is 6.07 Å². The quantitative estimate of drug-likeness (QED) is 0.678. The van der Waals surface area contributed by atoms with Gasteiger partial charge in [0.05, 0.1) is 0 Å². The van der Waals surface area contributed by atoms with Crippen molar-refractivity contribution in [1.82, 2.24) is 4.98 Å². The van der Waals surface area contributed by atoms with Crippen molar-refractivity contribution in [1.29, 1.82) is 0 Å². The van der Waals surface area contributed by atoms with Crippen LogP contribution in [0.4, 0.5) is 4.39 Å². The number of hydrogen-bond acceptors (Lipinski definition) is 2. The molecule has 0 saturated carbocycles. The van der Waals surface area contributed by atoms with E-state index in [0.29, 0.717) is 24.3 Å². The molecule has 0 saturated heterocycles. The molecule has 0 aliphatic rings. The summed E-state index contributed by atoms with van der Waals surface area (Å²) in [6.45, 7) is 0. The minimum atomic E-state index is -0.363. The van der Waals surface area contributed by atoms with Crippen LogP contribution in [0, 0.1) is 18.2 Å². The van der Waals surface area contributed by atoms with Gasteiger partial charge in [0, 0.05) is 12.8 Å². The van der Waals surface area contributed by atoms with Gasteiger partial charge >= 0.3 is 0 Å². The van der Waals surface area contributed by atoms with Gasteiger partial charge in [-0.1, -0.05) is 6.07 Å². The zero-order chi connectivity index (χ0) is 9.97. The van der Waals surface area contributed by atoms with Crippen LogP contribution in [0.2, 0.25) is 0 Å². The third kappa shape index (κ3) is 1.47. The summed E-state index contributed by atoms with van der Waals surface area (Å²) in [5.74, 6) is 2.61. The zero-order valence-electron chi connectivity index (χ0n) is 7.46. The maximum Gasteiger partial charge on any atom is 0.196 e. The normalized spacial score (nSPS) is 10.3. The lowest BCUT2D eigenvalue weighted by atomic mass is 10.3. The van der Waals surface area contributed by atoms with Crippen molar-refractivity contribution >= 4 is 11.1 Å². The van der Waals surface area contributed by atoms with Crippen molar-refractivity contribution in [3.8, 4) is 12.3 Å². The fourth-order valence-electron chi connectivity index (χ4n) is 1.25. The van der Waals surface area contributed by atoms with Crippen LogP contribution in [-0.2, 0) is 6.42 Å². The lowest BCUT2D eigenvalue weighted by molar-refractivity contribution is 0.531. The molecule has 0 aliphatic carbocycles. The van der Waals surface area contributed by atoms with Crippen molar-refractivity contribution in [3.05, 3.63) is 29.9 Å². The second kappa shape index (κ2) is 3.51. The summed E-state index contributed by atoms with van der Waals surface area (Å²) in [7, 11) is 0. The number of fused-ring (bicyclic) bond motifs is 1. The number of benzene rings is 1. The predicted molar refractivity (Wildman–Crippen MR) is 51.1 cm³/mol. The van der Waals surface area contributed by atoms with Crippen molar-refractivity contribution in [2.24, 2.45) is 0 Å². The van der Waals surface area contributed by atoms with Crippen LogP contribution in [0.15, 0.2) is 22.6 Å². The summed E-state index contributed by atoms with van der Waals surface area (Å²) >= 11 is 0. The fraction of sp³-hybridized carbons (Fsp3) is 0.182. The van der Waals surface area contributed by atoms with Gasteiger partial charge in [0.2, 0.25) is 0 Å². The Labute approximate surface area is 80.8 Å². The third-order valence-electron chi connectivity index (χ3n) is 1.90. The maximum absolute atomic E-state index is 13.2. The number of terminal acetylenes is 1. The molecule has 1 heterocycles. The summed E-state index contributed by atoms with van der Waals surface area (Å²) in [5, 5.41) is 0. The molecule has 0 fully saturated rings. The molecular formula is C11H8FNO. The van der Waals surface area contributed by atoms with Crippen molar-refractivity contribution in [2.75, 3.05) is 0 Å². The molecule has 0 atom stereocenters. The number of aryl methyl sites for hydroxylation is 1. The van der Waals surface area contributed by atoms with Crippen LogP contribution in [-0.4, -0.2) is 4.98 Å². The molecule has 2 rings (SSSR count). The first kappa shape index (κ1) is 8.76. The van der Waals surface area contributed by atoms with Gasteiger partial charge in [-0.3, -0.25) is 0 Å². The Morgan fingerprint density at radius 2 is 2.36 bits per heavy atom. The Morgan fingerprint density at radius 3 is 3.07 bits per heavy atom. The number of aromatic nitrogens is 1. The molecule has 2 aromatic rings. The second-order valence-corrected chi connectivity index (χ2v) is 2.90. The van der Waals surface area contributed by atoms with Gasteiger partial charge in [-0.2, -0.15) is 0 Å². The average Bonchev–Trinajstić information content (AvgIpc) is 2.59. The first-order valence-corrected chi connectivity index (χ1v) is 4.28. The molecule has 0 unspecified atom stereocenters. The Morgan fingerprint density at radius 1 is 1.50 bits per heavy atom. The molecule has 0 aliphatic heterocycles. The molecule has 14 heavy (non-hydrogen) atoms. The standard InChI is InChI=1S/C11H8FNO/c1-2-3-7-10-13-11-8(12)5-4-6-9(11)14-10/h1,4-6H,3,7H2. The first-order chi connectivity index (χ1) is 6.81. The van der Waals surface area contributed by atoms with Crippen molar-refractivity contribution < 1.29 is 8.81 Å². The maximum atomic E-state index is 13.2. The van der Waals surface area contributed by atoms with E-state index in [9.17, 15) is 4.39 Å². The second-order valence-electron chi connectivity index (χ2n) is 2.90. The van der Waals surface area contributed by atoms with Crippen LogP contribution < -0.4 is 0 Å². The van der Waals surface area contributed by atoms with Gasteiger partial charge in [-0.25, -0.2) is 9.37 Å². The average molecular weight is 189 g/mol. The van der Waals surface area contributed by atoms with E-state index >= 15 is 0 Å². The van der Waals surface area contributed by atoms with E-state index in [2.05, 4.69) is 10.9 Å². The van der Waals surface area contributed by atoms with Crippen LogP contribution in [0.25, 0.3) is 11.1 Å². The van der Waals surface area contributed by atoms with Crippen LogP contribution in [0.3, 0.4) is 0 Å². The summed E-state index contributed by atoms with van der Waals surface area (Å²) in [5.41, 5.74) is 0.747. The van der Waals surface area contributed by atoms with E-state index in [1.54, 1.807) is 12.1 Å². The van der Waals surface area contributed by atoms with E-state index in [-0.39, 0.29) is 11.3 Å². The summed E-state index contributed by atoms with van der Waals surface area (Å²) < 4.78 is 18.5. The Bertz CT molecular complexity index is 495. The molecule has 0 bridgehead atoms. The van der Waals surface area contributed by atoms with Crippen LogP contribution in [0.1, 0.15) is 12.3 Å². The van der Waals surface area contributed by atoms with Crippen LogP contribution in [0.5, 0.6) is 0 Å². The predicted octanol–water partition coefficient (Wildman–Crippen LogP) is 2.53. The molecule has 0 spiro atoms. The summed E-state index contributed by atoms with van der Waals surface area (Å²) in [6, 6.07) is 4.63. The smallest absolute Gasteiger partial charge is 0.196 e. The highest BCUT2D eigenvalue weighted by molar-refractivity contribution is 5.72. The lowest BCUT2D eigenvalue weighted by Crippen LogP contribution is -1.82. The molecule has 1 aromatic heterocycles. The Hall–Kier alpha value is -1.82. The van der Waals surface area contributed by atoms with E-state index in [0.717, 1.165) is 0 Å². The van der Waals surface area contributed by atoms with Crippen molar-refractivity contribution in [3.63, 3.8) is 0 Å². The molecule has 70 valence electrons. The van der Waals surface area contributed by atoms with E-state index in [4.69, 9.17) is 10.8 Å². The van der Waals surface area contributed by atoms with E-state index in [1.807, 2.05) is 0 Å². The molecular weight excluding hydrogens is 181 g/mol. The fourth-order valence-corrected chi connectivity index (χ4v) is 1.25. The zero-order valence-corrected chi connectivity index (χ0v) is 7.46. The topological polar surface area (TPSA) is 26.0 Å². The molecule has 0 amide bonds. The molecule has 1 aromatic carbocycles. The number of oxazole rings is 1. The highest BCUT2D eigenvalue weighted by Gasteiger charge is 2.08. The SMILES string of the molecule is C#CCCc1nc2c(F)cccc2o1. The number of nitrogens with zero attached hydrogens (tertiary/aromatic N) is 1. The summed E-state index contributed by atoms with van der Waals surface area (Å²) in [4.78, 5) is 4.01. The Balaban J connectivity index is 2.42. The summed E-state index contributed by atoms with van der Waals surface area (Å²) in [6.07, 6.45) is 6.20. The third-order valence-corrected chi connectivity index (χ3v) is 1.90. The highest BCUT2D eigenvalue weighted by atomic mass is 19.1. The number of hydrogen-bond donors (Lipinski definition) is 0. The highest BCUT2D eigenvalue weighted by Crippen LogP contribution is 2.18. The minimum Gasteiger partial charge on any atom is -0.441 e. The van der Waals surface area contributed by atoms with Gasteiger partial charge in [0.1, 0.15) is 5.52 Å². The largest absolute Gasteiger partial charge is 0.441 e. The first-order valence-electron chi connectivity index (χ1n) is 4.28. The number of para-hydroxylation sites is 1. The number of rotatable bonds is 2. The van der Waals surface area contributed by atoms with Crippen molar-refractivity contribution in [2.45, 2.75) is 12.8 Å². The molecule has 3 heteroatoms. The van der Waals surface area contributed by atoms with Gasteiger partial charge in [0.25, 0.3) is 0 Å². The Kier molecular flexibility index (Phi) is 2.19. The van der Waals surface area contributed by atoms with Gasteiger partial charge < -0.3 is 4.42 Å². The minimum absolute atomic E-state index is 0.277. The van der Waals surface area contributed by atoms with Crippen LogP contribution >= 0.6 is 0 Å². The molecule has 0 N–H and O–H groups in total. The molecule has 2 nitrogen and oxygen atoms in total. The number of halogens is 1.